The maximum atomic E-state index is 12.5. The summed E-state index contributed by atoms with van der Waals surface area (Å²) in [6, 6.07) is 8.75. The highest BCUT2D eigenvalue weighted by atomic mass is 35.5. The minimum absolute atomic E-state index is 0. The van der Waals surface area contributed by atoms with Crippen molar-refractivity contribution in [3.8, 4) is 0 Å². The summed E-state index contributed by atoms with van der Waals surface area (Å²) in [5, 5.41) is 6.53. The number of anilines is 2. The molecule has 2 fully saturated rings. The number of rotatable bonds is 3. The Morgan fingerprint density at radius 3 is 2.67 bits per heavy atom. The quantitative estimate of drug-likeness (QED) is 0.873. The van der Waals surface area contributed by atoms with E-state index in [4.69, 9.17) is 0 Å². The van der Waals surface area contributed by atoms with Gasteiger partial charge in [0.25, 0.3) is 0 Å². The first kappa shape index (κ1) is 19.1. The first-order valence-electron chi connectivity index (χ1n) is 9.01. The number of carbonyl (C=O) groups excluding carboxylic acids is 1. The number of nitrogens with one attached hydrogen (secondary N) is 2. The zero-order chi connectivity index (χ0) is 16.2. The molecule has 0 saturated carbocycles. The molecule has 0 radical (unpaired) electrons. The number of benzene rings is 1. The third-order valence-electron chi connectivity index (χ3n) is 5.26. The molecule has 1 aromatic carbocycles. The molecule has 4 nitrogen and oxygen atoms in total. The van der Waals surface area contributed by atoms with Crippen LogP contribution in [0.15, 0.2) is 24.3 Å². The minimum atomic E-state index is 0. The second-order valence-corrected chi connectivity index (χ2v) is 7.29. The molecule has 5 heteroatoms. The molecule has 2 atom stereocenters. The standard InChI is InChI=1S/C19H29N3O.ClH/c1-14-7-10-22(11-8-14)18-5-3-4-17(13-18)21-19(23)16-6-9-20-15(2)12-16;/h3-5,13-16,20H,6-12H2,1-2H3,(H,21,23);1H/t15-,16-;/m0./s1. The minimum Gasteiger partial charge on any atom is -0.371 e. The summed E-state index contributed by atoms with van der Waals surface area (Å²) >= 11 is 0. The average Bonchev–Trinajstić information content (AvgIpc) is 2.56. The second kappa shape index (κ2) is 8.72. The number of halogens is 1. The summed E-state index contributed by atoms with van der Waals surface area (Å²) in [6.07, 6.45) is 4.36. The van der Waals surface area contributed by atoms with Gasteiger partial charge in [-0.2, -0.15) is 0 Å². The fourth-order valence-electron chi connectivity index (χ4n) is 3.66. The average molecular weight is 352 g/mol. The predicted octanol–water partition coefficient (Wildman–Crippen LogP) is 3.67. The van der Waals surface area contributed by atoms with Crippen LogP contribution in [0.2, 0.25) is 0 Å². The van der Waals surface area contributed by atoms with Crippen molar-refractivity contribution in [2.24, 2.45) is 11.8 Å². The summed E-state index contributed by atoms with van der Waals surface area (Å²) in [7, 11) is 0. The summed E-state index contributed by atoms with van der Waals surface area (Å²) < 4.78 is 0. The van der Waals surface area contributed by atoms with Crippen LogP contribution in [-0.2, 0) is 4.79 Å². The molecule has 0 aromatic heterocycles. The fourth-order valence-corrected chi connectivity index (χ4v) is 3.66. The molecular formula is C19H30ClN3O. The Kier molecular flexibility index (Phi) is 6.93. The van der Waals surface area contributed by atoms with E-state index in [-0.39, 0.29) is 24.2 Å². The van der Waals surface area contributed by atoms with Crippen molar-refractivity contribution in [2.45, 2.75) is 45.6 Å². The highest BCUT2D eigenvalue weighted by Gasteiger charge is 2.25. The van der Waals surface area contributed by atoms with Gasteiger partial charge in [-0.05, 0) is 63.3 Å². The molecule has 0 spiro atoms. The molecule has 2 N–H and O–H groups in total. The summed E-state index contributed by atoms with van der Waals surface area (Å²) in [5.74, 6) is 1.13. The van der Waals surface area contributed by atoms with E-state index in [2.05, 4.69) is 41.5 Å². The van der Waals surface area contributed by atoms with Gasteiger partial charge in [0.1, 0.15) is 0 Å². The Balaban J connectivity index is 0.00000208. The topological polar surface area (TPSA) is 44.4 Å². The SMILES string of the molecule is CC1CCN(c2cccc(NC(=O)[C@H]3CCN[C@@H](C)C3)c2)CC1.Cl. The lowest BCUT2D eigenvalue weighted by molar-refractivity contribution is -0.120. The number of piperidine rings is 2. The monoisotopic (exact) mass is 351 g/mol. The van der Waals surface area contributed by atoms with Crippen LogP contribution in [0.1, 0.15) is 39.5 Å². The maximum absolute atomic E-state index is 12.5. The number of nitrogens with zero attached hydrogens (tertiary/aromatic N) is 1. The van der Waals surface area contributed by atoms with Crippen LogP contribution in [0.4, 0.5) is 11.4 Å². The molecule has 2 aliphatic heterocycles. The van der Waals surface area contributed by atoms with Crippen molar-refractivity contribution in [3.05, 3.63) is 24.3 Å². The van der Waals surface area contributed by atoms with Crippen molar-refractivity contribution in [2.75, 3.05) is 29.9 Å². The smallest absolute Gasteiger partial charge is 0.227 e. The van der Waals surface area contributed by atoms with Gasteiger partial charge in [-0.1, -0.05) is 13.0 Å². The van der Waals surface area contributed by atoms with Crippen LogP contribution in [0, 0.1) is 11.8 Å². The van der Waals surface area contributed by atoms with Crippen LogP contribution in [0.3, 0.4) is 0 Å². The van der Waals surface area contributed by atoms with Gasteiger partial charge in [-0.15, -0.1) is 12.4 Å². The van der Waals surface area contributed by atoms with E-state index >= 15 is 0 Å². The van der Waals surface area contributed by atoms with E-state index in [1.807, 2.05) is 12.1 Å². The van der Waals surface area contributed by atoms with E-state index in [0.29, 0.717) is 6.04 Å². The molecule has 0 bridgehead atoms. The molecule has 2 saturated heterocycles. The highest BCUT2D eigenvalue weighted by Crippen LogP contribution is 2.26. The predicted molar refractivity (Wildman–Crippen MR) is 103 cm³/mol. The maximum Gasteiger partial charge on any atom is 0.227 e. The van der Waals surface area contributed by atoms with Gasteiger partial charge in [0, 0.05) is 36.4 Å². The Bertz CT molecular complexity index is 543. The lowest BCUT2D eigenvalue weighted by atomic mass is 9.92. The molecule has 2 aliphatic rings. The molecule has 3 rings (SSSR count). The molecule has 134 valence electrons. The van der Waals surface area contributed by atoms with E-state index in [1.54, 1.807) is 0 Å². The zero-order valence-corrected chi connectivity index (χ0v) is 15.6. The van der Waals surface area contributed by atoms with Crippen LogP contribution >= 0.6 is 12.4 Å². The normalized spacial score (nSPS) is 25.0. The molecule has 0 aliphatic carbocycles. The van der Waals surface area contributed by atoms with E-state index < -0.39 is 0 Å². The third kappa shape index (κ3) is 4.87. The van der Waals surface area contributed by atoms with Crippen LogP contribution in [-0.4, -0.2) is 31.6 Å². The first-order valence-corrected chi connectivity index (χ1v) is 9.01. The summed E-state index contributed by atoms with van der Waals surface area (Å²) in [4.78, 5) is 14.9. The van der Waals surface area contributed by atoms with Crippen molar-refractivity contribution in [1.82, 2.24) is 5.32 Å². The van der Waals surface area contributed by atoms with Crippen molar-refractivity contribution < 1.29 is 4.79 Å². The Labute approximate surface area is 151 Å². The van der Waals surface area contributed by atoms with Crippen molar-refractivity contribution in [3.63, 3.8) is 0 Å². The van der Waals surface area contributed by atoms with Crippen LogP contribution < -0.4 is 15.5 Å². The fraction of sp³-hybridized carbons (Fsp3) is 0.632. The lowest BCUT2D eigenvalue weighted by Gasteiger charge is -2.32. The highest BCUT2D eigenvalue weighted by molar-refractivity contribution is 5.93. The van der Waals surface area contributed by atoms with Gasteiger partial charge in [0.2, 0.25) is 5.91 Å². The van der Waals surface area contributed by atoms with Crippen LogP contribution in [0.5, 0.6) is 0 Å². The Morgan fingerprint density at radius 1 is 1.21 bits per heavy atom. The largest absolute Gasteiger partial charge is 0.371 e. The molecule has 24 heavy (non-hydrogen) atoms. The van der Waals surface area contributed by atoms with Gasteiger partial charge in [-0.3, -0.25) is 4.79 Å². The molecular weight excluding hydrogens is 322 g/mol. The summed E-state index contributed by atoms with van der Waals surface area (Å²) in [5.41, 5.74) is 2.16. The van der Waals surface area contributed by atoms with E-state index in [1.165, 1.54) is 18.5 Å². The van der Waals surface area contributed by atoms with Gasteiger partial charge >= 0.3 is 0 Å². The number of carbonyl (C=O) groups is 1. The molecule has 1 amide bonds. The van der Waals surface area contributed by atoms with Gasteiger partial charge in [0.05, 0.1) is 0 Å². The van der Waals surface area contributed by atoms with Crippen LogP contribution in [0.25, 0.3) is 0 Å². The van der Waals surface area contributed by atoms with Gasteiger partial charge < -0.3 is 15.5 Å². The van der Waals surface area contributed by atoms with Crippen molar-refractivity contribution >= 4 is 29.7 Å². The summed E-state index contributed by atoms with van der Waals surface area (Å²) in [6.45, 7) is 7.64. The molecule has 0 unspecified atom stereocenters. The number of hydrogen-bond donors (Lipinski definition) is 2. The Morgan fingerprint density at radius 2 is 1.96 bits per heavy atom. The van der Waals surface area contributed by atoms with Crippen molar-refractivity contribution in [1.29, 1.82) is 0 Å². The molecule has 2 heterocycles. The molecule has 1 aromatic rings. The van der Waals surface area contributed by atoms with Gasteiger partial charge in [0.15, 0.2) is 0 Å². The number of amides is 1. The second-order valence-electron chi connectivity index (χ2n) is 7.29. The number of hydrogen-bond acceptors (Lipinski definition) is 3. The van der Waals surface area contributed by atoms with E-state index in [9.17, 15) is 4.79 Å². The zero-order valence-electron chi connectivity index (χ0n) is 14.8. The van der Waals surface area contributed by atoms with E-state index in [0.717, 1.165) is 44.1 Å². The Hall–Kier alpha value is -1.26. The first-order chi connectivity index (χ1) is 11.1. The lowest BCUT2D eigenvalue weighted by Crippen LogP contribution is -2.40. The third-order valence-corrected chi connectivity index (χ3v) is 5.26. The van der Waals surface area contributed by atoms with Gasteiger partial charge in [-0.25, -0.2) is 0 Å².